The monoisotopic (exact) mass is 378 g/mol. The first-order valence-corrected chi connectivity index (χ1v) is 9.52. The van der Waals surface area contributed by atoms with Crippen LogP contribution in [0.5, 0.6) is 0 Å². The molecule has 27 heavy (non-hydrogen) atoms. The highest BCUT2D eigenvalue weighted by molar-refractivity contribution is 7.16. The summed E-state index contributed by atoms with van der Waals surface area (Å²) in [6.45, 7) is 3.44. The molecular formula is C19H18N6OS. The Bertz CT molecular complexity index is 1090. The highest BCUT2D eigenvalue weighted by Crippen LogP contribution is 2.35. The van der Waals surface area contributed by atoms with Crippen LogP contribution in [-0.2, 0) is 19.4 Å². The third-order valence-corrected chi connectivity index (χ3v) is 5.74. The molecule has 0 bridgehead atoms. The minimum Gasteiger partial charge on any atom is -0.389 e. The van der Waals surface area contributed by atoms with Gasteiger partial charge in [-0.3, -0.25) is 4.79 Å². The topological polar surface area (TPSA) is 112 Å². The summed E-state index contributed by atoms with van der Waals surface area (Å²) >= 11 is 1.48. The molecule has 0 unspecified atom stereocenters. The Kier molecular flexibility index (Phi) is 4.38. The Morgan fingerprint density at radius 1 is 1.44 bits per heavy atom. The number of aromatic nitrogens is 3. The molecule has 3 aromatic heterocycles. The molecule has 0 spiro atoms. The third kappa shape index (κ3) is 3.17. The molecule has 3 N–H and O–H groups in total. The summed E-state index contributed by atoms with van der Waals surface area (Å²) in [5, 5.41) is 9.86. The predicted octanol–water partition coefficient (Wildman–Crippen LogP) is 2.47. The van der Waals surface area contributed by atoms with Crippen LogP contribution < -0.4 is 16.2 Å². The first-order chi connectivity index (χ1) is 13.1. The molecule has 0 aliphatic carbocycles. The van der Waals surface area contributed by atoms with E-state index in [0.717, 1.165) is 40.5 Å². The van der Waals surface area contributed by atoms with Crippen LogP contribution in [0, 0.1) is 11.3 Å². The number of nitrogens with one attached hydrogen (secondary N) is 1. The highest BCUT2D eigenvalue weighted by atomic mass is 32.1. The average Bonchev–Trinajstić information content (AvgIpc) is 3.01. The van der Waals surface area contributed by atoms with Gasteiger partial charge in [0.25, 0.3) is 5.56 Å². The van der Waals surface area contributed by atoms with Gasteiger partial charge in [-0.15, -0.1) is 11.3 Å². The van der Waals surface area contributed by atoms with E-state index < -0.39 is 0 Å². The van der Waals surface area contributed by atoms with Crippen LogP contribution in [-0.4, -0.2) is 21.5 Å². The standard InChI is InChI=1S/C19H18N6OS/c1-2-12-7-17(26)24-19(23-12)11-3-4-16(22-9-11)25-6-5-13-14(8-20)18(21)27-15(13)10-25/h3-4,7,9H,2,5-6,10,21H2,1H3,(H,23,24,26). The van der Waals surface area contributed by atoms with E-state index in [1.54, 1.807) is 6.20 Å². The number of rotatable bonds is 3. The summed E-state index contributed by atoms with van der Waals surface area (Å²) in [5.74, 6) is 1.38. The molecular weight excluding hydrogens is 360 g/mol. The van der Waals surface area contributed by atoms with Crippen molar-refractivity contribution in [3.8, 4) is 17.5 Å². The molecule has 0 radical (unpaired) electrons. The number of nitriles is 1. The number of aryl methyl sites for hydroxylation is 1. The summed E-state index contributed by atoms with van der Waals surface area (Å²) in [5.41, 5.74) is 9.03. The fourth-order valence-electron chi connectivity index (χ4n) is 3.28. The Balaban J connectivity index is 1.59. The Labute approximate surface area is 160 Å². The number of nitrogens with zero attached hydrogens (tertiary/aromatic N) is 4. The molecule has 4 heterocycles. The largest absolute Gasteiger partial charge is 0.389 e. The lowest BCUT2D eigenvalue weighted by Gasteiger charge is -2.28. The van der Waals surface area contributed by atoms with E-state index in [4.69, 9.17) is 5.73 Å². The van der Waals surface area contributed by atoms with Gasteiger partial charge in [-0.2, -0.15) is 5.26 Å². The molecule has 0 saturated heterocycles. The van der Waals surface area contributed by atoms with Gasteiger partial charge >= 0.3 is 0 Å². The second kappa shape index (κ2) is 6.85. The maximum absolute atomic E-state index is 11.8. The van der Waals surface area contributed by atoms with Gasteiger partial charge < -0.3 is 15.6 Å². The van der Waals surface area contributed by atoms with Gasteiger partial charge in [0.2, 0.25) is 0 Å². The zero-order valence-corrected chi connectivity index (χ0v) is 15.6. The SMILES string of the molecule is CCc1cc(=O)[nH]c(-c2ccc(N3CCc4c(sc(N)c4C#N)C3)nc2)n1. The van der Waals surface area contributed by atoms with Crippen LogP contribution in [0.2, 0.25) is 0 Å². The van der Waals surface area contributed by atoms with E-state index in [1.165, 1.54) is 17.4 Å². The number of pyridine rings is 1. The van der Waals surface area contributed by atoms with Gasteiger partial charge in [0.1, 0.15) is 22.7 Å². The zero-order chi connectivity index (χ0) is 19.0. The molecule has 4 rings (SSSR count). The van der Waals surface area contributed by atoms with Gasteiger partial charge in [0.05, 0.1) is 12.1 Å². The summed E-state index contributed by atoms with van der Waals surface area (Å²) < 4.78 is 0. The number of hydrogen-bond donors (Lipinski definition) is 2. The number of hydrogen-bond acceptors (Lipinski definition) is 7. The smallest absolute Gasteiger partial charge is 0.251 e. The zero-order valence-electron chi connectivity index (χ0n) is 14.8. The van der Waals surface area contributed by atoms with Gasteiger partial charge in [0.15, 0.2) is 0 Å². The minimum absolute atomic E-state index is 0.159. The van der Waals surface area contributed by atoms with E-state index in [1.807, 2.05) is 19.1 Å². The molecule has 0 amide bonds. The molecule has 0 aromatic carbocycles. The number of nitrogens with two attached hydrogens (primary N) is 1. The van der Waals surface area contributed by atoms with Crippen molar-refractivity contribution in [1.29, 1.82) is 5.26 Å². The Hall–Kier alpha value is -3.18. The van der Waals surface area contributed by atoms with E-state index in [-0.39, 0.29) is 5.56 Å². The van der Waals surface area contributed by atoms with Crippen molar-refractivity contribution in [2.24, 2.45) is 0 Å². The van der Waals surface area contributed by atoms with E-state index in [2.05, 4.69) is 25.9 Å². The lowest BCUT2D eigenvalue weighted by molar-refractivity contribution is 0.732. The number of H-pyrrole nitrogens is 1. The normalized spacial score (nSPS) is 13.3. The van der Waals surface area contributed by atoms with Crippen LogP contribution in [0.1, 0.15) is 28.6 Å². The predicted molar refractivity (Wildman–Crippen MR) is 106 cm³/mol. The van der Waals surface area contributed by atoms with Gasteiger partial charge in [-0.25, -0.2) is 9.97 Å². The van der Waals surface area contributed by atoms with Gasteiger partial charge in [-0.1, -0.05) is 6.92 Å². The van der Waals surface area contributed by atoms with Crippen molar-refractivity contribution in [1.82, 2.24) is 15.0 Å². The second-order valence-corrected chi connectivity index (χ2v) is 7.51. The maximum Gasteiger partial charge on any atom is 0.251 e. The molecule has 0 fully saturated rings. The number of thiophene rings is 1. The summed E-state index contributed by atoms with van der Waals surface area (Å²) in [6.07, 6.45) is 3.21. The average molecular weight is 378 g/mol. The molecule has 1 aliphatic heterocycles. The highest BCUT2D eigenvalue weighted by Gasteiger charge is 2.24. The first kappa shape index (κ1) is 17.2. The molecule has 0 atom stereocenters. The van der Waals surface area contributed by atoms with Gasteiger partial charge in [0, 0.05) is 34.9 Å². The number of aromatic amines is 1. The molecule has 0 saturated carbocycles. The number of nitrogen functional groups attached to an aromatic ring is 1. The second-order valence-electron chi connectivity index (χ2n) is 6.37. The lowest BCUT2D eigenvalue weighted by atomic mass is 10.0. The Morgan fingerprint density at radius 3 is 3.00 bits per heavy atom. The summed E-state index contributed by atoms with van der Waals surface area (Å²) in [4.78, 5) is 26.9. The fraction of sp³-hybridized carbons (Fsp3) is 0.263. The number of fused-ring (bicyclic) bond motifs is 1. The molecule has 7 nitrogen and oxygen atoms in total. The third-order valence-electron chi connectivity index (χ3n) is 4.70. The molecule has 1 aliphatic rings. The first-order valence-electron chi connectivity index (χ1n) is 8.70. The molecule has 136 valence electrons. The fourth-order valence-corrected chi connectivity index (χ4v) is 4.37. The van der Waals surface area contributed by atoms with Crippen molar-refractivity contribution in [3.05, 3.63) is 56.4 Å². The quantitative estimate of drug-likeness (QED) is 0.724. The molecule has 8 heteroatoms. The summed E-state index contributed by atoms with van der Waals surface area (Å²) in [6, 6.07) is 7.57. The van der Waals surface area contributed by atoms with Crippen LogP contribution in [0.4, 0.5) is 10.8 Å². The van der Waals surface area contributed by atoms with E-state index >= 15 is 0 Å². The van der Waals surface area contributed by atoms with Crippen LogP contribution in [0.15, 0.2) is 29.2 Å². The van der Waals surface area contributed by atoms with E-state index in [9.17, 15) is 10.1 Å². The lowest BCUT2D eigenvalue weighted by Crippen LogP contribution is -2.30. The van der Waals surface area contributed by atoms with Crippen molar-refractivity contribution in [3.63, 3.8) is 0 Å². The van der Waals surface area contributed by atoms with Gasteiger partial charge in [-0.05, 0) is 30.5 Å². The van der Waals surface area contributed by atoms with Crippen molar-refractivity contribution < 1.29 is 0 Å². The minimum atomic E-state index is -0.159. The van der Waals surface area contributed by atoms with Crippen molar-refractivity contribution >= 4 is 22.2 Å². The maximum atomic E-state index is 11.8. The van der Waals surface area contributed by atoms with Crippen LogP contribution in [0.25, 0.3) is 11.4 Å². The molecule has 3 aromatic rings. The Morgan fingerprint density at radius 2 is 2.30 bits per heavy atom. The van der Waals surface area contributed by atoms with Crippen molar-refractivity contribution in [2.75, 3.05) is 17.2 Å². The van der Waals surface area contributed by atoms with Crippen LogP contribution >= 0.6 is 11.3 Å². The summed E-state index contributed by atoms with van der Waals surface area (Å²) in [7, 11) is 0. The van der Waals surface area contributed by atoms with Crippen LogP contribution in [0.3, 0.4) is 0 Å². The van der Waals surface area contributed by atoms with Crippen molar-refractivity contribution in [2.45, 2.75) is 26.3 Å². The number of anilines is 2. The van der Waals surface area contributed by atoms with E-state index in [0.29, 0.717) is 29.4 Å².